The average molecular weight is 525 g/mol. The van der Waals surface area contributed by atoms with Gasteiger partial charge in [-0.05, 0) is 62.4 Å². The van der Waals surface area contributed by atoms with Crippen LogP contribution in [0.15, 0.2) is 109 Å². The van der Waals surface area contributed by atoms with E-state index in [1.54, 1.807) is 6.08 Å². The summed E-state index contributed by atoms with van der Waals surface area (Å²) < 4.78 is 6.29. The zero-order valence-corrected chi connectivity index (χ0v) is 21.3. The van der Waals surface area contributed by atoms with Gasteiger partial charge in [0.05, 0.1) is 0 Å². The van der Waals surface area contributed by atoms with Gasteiger partial charge < -0.3 is 4.74 Å². The number of ether oxygens (including phenoxy) is 1. The van der Waals surface area contributed by atoms with E-state index >= 15 is 0 Å². The summed E-state index contributed by atoms with van der Waals surface area (Å²) in [5, 5.41) is 11.1. The predicted molar refractivity (Wildman–Crippen MR) is 157 cm³/mol. The molecule has 0 radical (unpaired) electrons. The van der Waals surface area contributed by atoms with Crippen LogP contribution in [-0.2, 0) is 9.59 Å². The number of nitrogens with one attached hydrogen (secondary N) is 2. The molecule has 0 bridgehead atoms. The van der Waals surface area contributed by atoms with Gasteiger partial charge in [-0.1, -0.05) is 91.0 Å². The van der Waals surface area contributed by atoms with Crippen molar-refractivity contribution in [3.63, 3.8) is 0 Å². The van der Waals surface area contributed by atoms with E-state index in [1.165, 1.54) is 0 Å². The van der Waals surface area contributed by atoms with Gasteiger partial charge >= 0.3 is 0 Å². The number of thiocarbonyl (C=S) groups is 1. The zero-order chi connectivity index (χ0) is 26.5. The van der Waals surface area contributed by atoms with E-state index in [4.69, 9.17) is 17.0 Å². The maximum absolute atomic E-state index is 12.5. The van der Waals surface area contributed by atoms with Crippen LogP contribution in [0.2, 0.25) is 0 Å². The fourth-order valence-electron chi connectivity index (χ4n) is 5.46. The standard InChI is InChI=1S/C33H20N2O3S/c36-31-26(32(37)35-33(39)34-31)18-17-21-19-9-1-3-11-22(19)29(23-12-4-2-10-20(21)23)30-24-13-5-7-15-27(24)38-28-16-8-6-14-25(28)30/h1-18H,(H2,34,35,36,37,39). The van der Waals surface area contributed by atoms with Gasteiger partial charge in [-0.2, -0.15) is 0 Å². The zero-order valence-electron chi connectivity index (χ0n) is 20.5. The Morgan fingerprint density at radius 1 is 0.590 bits per heavy atom. The van der Waals surface area contributed by atoms with Crippen LogP contribution in [0.1, 0.15) is 11.1 Å². The highest BCUT2D eigenvalue weighted by molar-refractivity contribution is 7.80. The number of hydrogen-bond donors (Lipinski definition) is 2. The molecule has 0 spiro atoms. The minimum Gasteiger partial charge on any atom is -0.456 e. The van der Waals surface area contributed by atoms with Gasteiger partial charge in [-0.15, -0.1) is 0 Å². The summed E-state index contributed by atoms with van der Waals surface area (Å²) in [7, 11) is 0. The molecule has 0 atom stereocenters. The summed E-state index contributed by atoms with van der Waals surface area (Å²) >= 11 is 4.94. The van der Waals surface area contributed by atoms with E-state index in [1.807, 2.05) is 66.7 Å². The smallest absolute Gasteiger partial charge is 0.263 e. The summed E-state index contributed by atoms with van der Waals surface area (Å²) in [5.74, 6) is 0.589. The topological polar surface area (TPSA) is 67.4 Å². The Morgan fingerprint density at radius 3 is 1.59 bits per heavy atom. The first-order valence-corrected chi connectivity index (χ1v) is 12.9. The molecule has 6 heteroatoms. The molecule has 2 N–H and O–H groups in total. The van der Waals surface area contributed by atoms with Crippen molar-refractivity contribution in [1.82, 2.24) is 10.6 Å². The number of benzene rings is 5. The van der Waals surface area contributed by atoms with Crippen molar-refractivity contribution in [2.75, 3.05) is 0 Å². The number of amides is 2. The molecule has 7 rings (SSSR count). The van der Waals surface area contributed by atoms with Crippen molar-refractivity contribution < 1.29 is 14.3 Å². The Balaban J connectivity index is 1.66. The first-order chi connectivity index (χ1) is 19.1. The van der Waals surface area contributed by atoms with Crippen molar-refractivity contribution in [3.05, 3.63) is 130 Å². The Bertz CT molecular complexity index is 1930. The largest absolute Gasteiger partial charge is 0.456 e. The van der Waals surface area contributed by atoms with E-state index in [2.05, 4.69) is 47.0 Å². The third kappa shape index (κ3) is 3.73. The van der Waals surface area contributed by atoms with Gasteiger partial charge in [0.25, 0.3) is 11.8 Å². The van der Waals surface area contributed by atoms with E-state index < -0.39 is 11.8 Å². The number of hydrogen-bond acceptors (Lipinski definition) is 4. The molecule has 5 aromatic carbocycles. The van der Waals surface area contributed by atoms with Crippen LogP contribution < -0.4 is 25.8 Å². The first-order valence-electron chi connectivity index (χ1n) is 12.5. The first kappa shape index (κ1) is 23.1. The minimum atomic E-state index is -0.517. The van der Waals surface area contributed by atoms with Gasteiger partial charge in [0, 0.05) is 16.7 Å². The second-order valence-electron chi connectivity index (χ2n) is 9.33. The van der Waals surface area contributed by atoms with Crippen LogP contribution in [-0.4, -0.2) is 16.9 Å². The molecule has 2 heterocycles. The van der Waals surface area contributed by atoms with Crippen LogP contribution in [0.5, 0.6) is 11.5 Å². The van der Waals surface area contributed by atoms with Crippen molar-refractivity contribution in [2.24, 2.45) is 0 Å². The lowest BCUT2D eigenvalue weighted by Gasteiger charge is -2.24. The van der Waals surface area contributed by atoms with Crippen LogP contribution in [0.25, 0.3) is 33.2 Å². The van der Waals surface area contributed by atoms with Gasteiger partial charge in [0.2, 0.25) is 0 Å². The third-order valence-electron chi connectivity index (χ3n) is 7.12. The molecule has 5 aromatic rings. The normalized spacial score (nSPS) is 14.3. The van der Waals surface area contributed by atoms with Crippen LogP contribution in [0, 0.1) is 0 Å². The fourth-order valence-corrected chi connectivity index (χ4v) is 5.65. The molecule has 1 fully saturated rings. The molecule has 2 aliphatic rings. The molecular formula is C33H20N2O3S. The van der Waals surface area contributed by atoms with E-state index in [-0.39, 0.29) is 10.7 Å². The van der Waals surface area contributed by atoms with Crippen LogP contribution in [0.3, 0.4) is 0 Å². The second-order valence-corrected chi connectivity index (χ2v) is 9.74. The maximum atomic E-state index is 12.5. The Hall–Kier alpha value is -5.07. The number of allylic oxidation sites excluding steroid dienone is 1. The molecule has 5 nitrogen and oxygen atoms in total. The highest BCUT2D eigenvalue weighted by Gasteiger charge is 2.26. The van der Waals surface area contributed by atoms with Crippen molar-refractivity contribution in [1.29, 1.82) is 0 Å². The lowest BCUT2D eigenvalue weighted by Crippen LogP contribution is -2.51. The molecule has 2 aliphatic heterocycles. The molecule has 0 saturated carbocycles. The van der Waals surface area contributed by atoms with Crippen molar-refractivity contribution in [3.8, 4) is 11.5 Å². The van der Waals surface area contributed by atoms with E-state index in [0.717, 1.165) is 60.2 Å². The van der Waals surface area contributed by atoms with E-state index in [9.17, 15) is 9.59 Å². The quantitative estimate of drug-likeness (QED) is 0.143. The Morgan fingerprint density at radius 2 is 1.05 bits per heavy atom. The highest BCUT2D eigenvalue weighted by Crippen LogP contribution is 2.42. The van der Waals surface area contributed by atoms with Crippen molar-refractivity contribution >= 4 is 62.3 Å². The summed E-state index contributed by atoms with van der Waals surface area (Å²) in [6.07, 6.45) is 3.40. The number of carbonyl (C=O) groups is 2. The summed E-state index contributed by atoms with van der Waals surface area (Å²) in [5.41, 5.74) is 3.15. The minimum absolute atomic E-state index is 0.00231. The number of fused-ring (bicyclic) bond motifs is 4. The lowest BCUT2D eigenvalue weighted by atomic mass is 9.87. The fraction of sp³-hybridized carbons (Fsp3) is 0. The number of rotatable bonds is 1. The summed E-state index contributed by atoms with van der Waals surface area (Å²) in [6.45, 7) is 0. The van der Waals surface area contributed by atoms with Crippen molar-refractivity contribution in [2.45, 2.75) is 0 Å². The summed E-state index contributed by atoms with van der Waals surface area (Å²) in [6, 6.07) is 32.7. The Labute approximate surface area is 228 Å². The third-order valence-corrected chi connectivity index (χ3v) is 7.32. The molecule has 2 amide bonds. The molecule has 39 heavy (non-hydrogen) atoms. The van der Waals surface area contributed by atoms with Crippen LogP contribution in [0.4, 0.5) is 0 Å². The van der Waals surface area contributed by atoms with Gasteiger partial charge in [0.15, 0.2) is 5.11 Å². The van der Waals surface area contributed by atoms with Crippen LogP contribution >= 0.6 is 12.2 Å². The SMILES string of the molecule is O=C1NC(=S)NC(=O)C1=CC=c1c2ccccc2c(=C2c3ccccc3Oc3ccccc32)c2ccccc12. The van der Waals surface area contributed by atoms with Gasteiger partial charge in [0.1, 0.15) is 17.1 Å². The molecule has 0 aromatic heterocycles. The monoisotopic (exact) mass is 524 g/mol. The number of para-hydroxylation sites is 2. The summed E-state index contributed by atoms with van der Waals surface area (Å²) in [4.78, 5) is 25.0. The lowest BCUT2D eigenvalue weighted by molar-refractivity contribution is -0.123. The molecule has 0 unspecified atom stereocenters. The second kappa shape index (κ2) is 9.04. The molecule has 186 valence electrons. The molecular weight excluding hydrogens is 504 g/mol. The predicted octanol–water partition coefficient (Wildman–Crippen LogP) is 4.58. The number of carbonyl (C=O) groups excluding carboxylic acids is 2. The van der Waals surface area contributed by atoms with E-state index in [0.29, 0.717) is 0 Å². The Kier molecular flexibility index (Phi) is 5.35. The van der Waals surface area contributed by atoms with Gasteiger partial charge in [-0.3, -0.25) is 20.2 Å². The highest BCUT2D eigenvalue weighted by atomic mass is 32.1. The molecule has 0 aliphatic carbocycles. The van der Waals surface area contributed by atoms with Gasteiger partial charge in [-0.25, -0.2) is 0 Å². The maximum Gasteiger partial charge on any atom is 0.263 e. The average Bonchev–Trinajstić information content (AvgIpc) is 2.95. The molecule has 1 saturated heterocycles.